The van der Waals surface area contributed by atoms with Crippen molar-refractivity contribution in [2.45, 2.75) is 32.5 Å². The number of nitrogens with zero attached hydrogens (tertiary/aromatic N) is 1. The number of aromatic nitrogens is 1. The van der Waals surface area contributed by atoms with Gasteiger partial charge in [-0.2, -0.15) is 13.2 Å². The third-order valence-corrected chi connectivity index (χ3v) is 4.51. The molecule has 1 N–H and O–H groups in total. The zero-order chi connectivity index (χ0) is 15.6. The number of aryl methyl sites for hydroxylation is 2. The summed E-state index contributed by atoms with van der Waals surface area (Å²) in [4.78, 5) is 5.59. The van der Waals surface area contributed by atoms with Crippen LogP contribution in [0.5, 0.6) is 0 Å². The summed E-state index contributed by atoms with van der Waals surface area (Å²) in [6.07, 6.45) is -3.74. The maximum atomic E-state index is 12.8. The molecule has 0 spiro atoms. The summed E-state index contributed by atoms with van der Waals surface area (Å²) in [6, 6.07) is 5.27. The highest BCUT2D eigenvalue weighted by Crippen LogP contribution is 2.31. The second-order valence-electron chi connectivity index (χ2n) is 4.92. The van der Waals surface area contributed by atoms with Gasteiger partial charge in [0.1, 0.15) is 0 Å². The van der Waals surface area contributed by atoms with E-state index >= 15 is 0 Å². The summed E-state index contributed by atoms with van der Waals surface area (Å²) >= 11 is 1.59. The van der Waals surface area contributed by atoms with E-state index < -0.39 is 11.7 Å². The molecule has 1 heterocycles. The molecule has 0 saturated heterocycles. The molecule has 1 aromatic heterocycles. The molecule has 0 aliphatic carbocycles. The Labute approximate surface area is 126 Å². The minimum Gasteiger partial charge on any atom is -0.313 e. The topological polar surface area (TPSA) is 24.9 Å². The molecule has 0 bridgehead atoms. The maximum Gasteiger partial charge on any atom is 0.416 e. The molecule has 2 nitrogen and oxygen atoms in total. The molecule has 21 heavy (non-hydrogen) atoms. The monoisotopic (exact) mass is 314 g/mol. The highest BCUT2D eigenvalue weighted by molar-refractivity contribution is 7.11. The second-order valence-corrected chi connectivity index (χ2v) is 6.21. The van der Waals surface area contributed by atoms with Crippen molar-refractivity contribution >= 4 is 11.3 Å². The summed E-state index contributed by atoms with van der Waals surface area (Å²) in [6.45, 7) is 3.93. The van der Waals surface area contributed by atoms with E-state index in [1.165, 1.54) is 12.1 Å². The predicted octanol–water partition coefficient (Wildman–Crippen LogP) is 4.28. The number of hydrogen-bond acceptors (Lipinski definition) is 3. The first-order valence-corrected chi connectivity index (χ1v) is 7.40. The number of nitrogens with one attached hydrogen (secondary N) is 1. The minimum atomic E-state index is -4.32. The summed E-state index contributed by atoms with van der Waals surface area (Å²) in [5, 5.41) is 4.01. The Hall–Kier alpha value is -1.40. The van der Waals surface area contributed by atoms with Crippen LogP contribution in [0.3, 0.4) is 0 Å². The lowest BCUT2D eigenvalue weighted by molar-refractivity contribution is -0.137. The minimum absolute atomic E-state index is 0.183. The van der Waals surface area contributed by atoms with Crippen molar-refractivity contribution in [2.24, 2.45) is 0 Å². The van der Waals surface area contributed by atoms with E-state index in [0.29, 0.717) is 12.0 Å². The Kier molecular flexibility index (Phi) is 4.68. The van der Waals surface area contributed by atoms with Gasteiger partial charge >= 0.3 is 6.18 Å². The number of alkyl halides is 3. The van der Waals surface area contributed by atoms with Gasteiger partial charge in [0, 0.05) is 17.3 Å². The predicted molar refractivity (Wildman–Crippen MR) is 78.5 cm³/mol. The number of rotatable bonds is 4. The van der Waals surface area contributed by atoms with Crippen LogP contribution in [0.1, 0.15) is 32.7 Å². The molecule has 114 valence electrons. The summed E-state index contributed by atoms with van der Waals surface area (Å²) in [5.74, 6) is 0. The highest BCUT2D eigenvalue weighted by Gasteiger charge is 2.31. The van der Waals surface area contributed by atoms with Gasteiger partial charge in [-0.3, -0.25) is 0 Å². The number of benzene rings is 1. The van der Waals surface area contributed by atoms with Crippen molar-refractivity contribution in [3.05, 3.63) is 51.0 Å². The van der Waals surface area contributed by atoms with E-state index in [2.05, 4.69) is 10.3 Å². The van der Waals surface area contributed by atoms with E-state index in [0.717, 1.165) is 21.6 Å². The SMILES string of the molecule is CNC(Cc1nc(C)c(C)s1)c1cccc(C(F)(F)F)c1. The number of halogens is 3. The standard InChI is InChI=1S/C15H17F3N2S/c1-9-10(2)21-14(20-9)8-13(19-3)11-5-4-6-12(7-11)15(16,17)18/h4-7,13,19H,8H2,1-3H3. The Morgan fingerprint density at radius 1 is 1.29 bits per heavy atom. The molecule has 1 aromatic carbocycles. The van der Waals surface area contributed by atoms with Crippen molar-refractivity contribution in [2.75, 3.05) is 7.05 Å². The first kappa shape index (κ1) is 16.0. The van der Waals surface area contributed by atoms with Gasteiger partial charge in [0.05, 0.1) is 16.3 Å². The fraction of sp³-hybridized carbons (Fsp3) is 0.400. The normalized spacial score (nSPS) is 13.4. The molecule has 0 saturated carbocycles. The Morgan fingerprint density at radius 2 is 2.00 bits per heavy atom. The molecule has 2 rings (SSSR count). The van der Waals surface area contributed by atoms with Crippen LogP contribution in [0, 0.1) is 13.8 Å². The van der Waals surface area contributed by atoms with E-state index in [4.69, 9.17) is 0 Å². The molecular weight excluding hydrogens is 297 g/mol. The van der Waals surface area contributed by atoms with Gasteiger partial charge in [0.15, 0.2) is 0 Å². The lowest BCUT2D eigenvalue weighted by Crippen LogP contribution is -2.19. The molecule has 1 atom stereocenters. The lowest BCUT2D eigenvalue weighted by Gasteiger charge is -2.17. The first-order chi connectivity index (χ1) is 9.81. The first-order valence-electron chi connectivity index (χ1n) is 6.58. The van der Waals surface area contributed by atoms with E-state index in [-0.39, 0.29) is 6.04 Å². The lowest BCUT2D eigenvalue weighted by atomic mass is 10.0. The van der Waals surface area contributed by atoms with Crippen LogP contribution in [0.25, 0.3) is 0 Å². The average Bonchev–Trinajstić information content (AvgIpc) is 2.74. The molecule has 2 aromatic rings. The number of likely N-dealkylation sites (N-methyl/N-ethyl adjacent to an activating group) is 1. The second kappa shape index (κ2) is 6.15. The van der Waals surface area contributed by atoms with Crippen LogP contribution in [0.15, 0.2) is 24.3 Å². The van der Waals surface area contributed by atoms with Gasteiger partial charge < -0.3 is 5.32 Å². The van der Waals surface area contributed by atoms with Crippen LogP contribution >= 0.6 is 11.3 Å². The van der Waals surface area contributed by atoms with Crippen molar-refractivity contribution in [1.29, 1.82) is 0 Å². The van der Waals surface area contributed by atoms with E-state index in [1.54, 1.807) is 24.5 Å². The van der Waals surface area contributed by atoms with Crippen molar-refractivity contribution in [3.8, 4) is 0 Å². The van der Waals surface area contributed by atoms with E-state index in [1.807, 2.05) is 13.8 Å². The molecular formula is C15H17F3N2S. The van der Waals surface area contributed by atoms with Crippen LogP contribution in [0.2, 0.25) is 0 Å². The van der Waals surface area contributed by atoms with Gasteiger partial charge in [-0.05, 0) is 38.6 Å². The van der Waals surface area contributed by atoms with Crippen LogP contribution in [0.4, 0.5) is 13.2 Å². The number of thiazole rings is 1. The van der Waals surface area contributed by atoms with Crippen LogP contribution in [-0.4, -0.2) is 12.0 Å². The summed E-state index contributed by atoms with van der Waals surface area (Å²) in [5.41, 5.74) is 0.985. The fourth-order valence-electron chi connectivity index (χ4n) is 2.12. The van der Waals surface area contributed by atoms with Crippen molar-refractivity contribution in [1.82, 2.24) is 10.3 Å². The third-order valence-electron chi connectivity index (χ3n) is 3.42. The third kappa shape index (κ3) is 3.83. The van der Waals surface area contributed by atoms with E-state index in [9.17, 15) is 13.2 Å². The zero-order valence-electron chi connectivity index (χ0n) is 12.1. The Morgan fingerprint density at radius 3 is 2.52 bits per heavy atom. The molecule has 0 aliphatic heterocycles. The van der Waals surface area contributed by atoms with Crippen molar-refractivity contribution in [3.63, 3.8) is 0 Å². The Bertz CT molecular complexity index is 600. The largest absolute Gasteiger partial charge is 0.416 e. The molecule has 0 aliphatic rings. The van der Waals surface area contributed by atoms with Gasteiger partial charge in [-0.25, -0.2) is 4.98 Å². The molecule has 0 fully saturated rings. The molecule has 0 radical (unpaired) electrons. The smallest absolute Gasteiger partial charge is 0.313 e. The van der Waals surface area contributed by atoms with Gasteiger partial charge in [0.2, 0.25) is 0 Å². The maximum absolute atomic E-state index is 12.8. The van der Waals surface area contributed by atoms with Crippen LogP contribution < -0.4 is 5.32 Å². The quantitative estimate of drug-likeness (QED) is 0.911. The fourth-order valence-corrected chi connectivity index (χ4v) is 3.10. The average molecular weight is 314 g/mol. The molecule has 6 heteroatoms. The zero-order valence-corrected chi connectivity index (χ0v) is 12.9. The van der Waals surface area contributed by atoms with Gasteiger partial charge in [-0.15, -0.1) is 11.3 Å². The Balaban J connectivity index is 2.25. The number of hydrogen-bond donors (Lipinski definition) is 1. The molecule has 1 unspecified atom stereocenters. The summed E-state index contributed by atoms with van der Waals surface area (Å²) in [7, 11) is 1.75. The van der Waals surface area contributed by atoms with Crippen molar-refractivity contribution < 1.29 is 13.2 Å². The summed E-state index contributed by atoms with van der Waals surface area (Å²) < 4.78 is 38.4. The van der Waals surface area contributed by atoms with Crippen LogP contribution in [-0.2, 0) is 12.6 Å². The van der Waals surface area contributed by atoms with Gasteiger partial charge in [0.25, 0.3) is 0 Å². The van der Waals surface area contributed by atoms with Gasteiger partial charge in [-0.1, -0.05) is 12.1 Å². The highest BCUT2D eigenvalue weighted by atomic mass is 32.1. The molecule has 0 amide bonds.